The Balaban J connectivity index is 2.07. The van der Waals surface area contributed by atoms with Crippen LogP contribution in [0.3, 0.4) is 0 Å². The van der Waals surface area contributed by atoms with E-state index in [9.17, 15) is 10.1 Å². The number of carbonyl (C=O) groups is 1. The lowest BCUT2D eigenvalue weighted by atomic mass is 9.97. The Kier molecular flexibility index (Phi) is 5.46. The first-order valence-corrected chi connectivity index (χ1v) is 8.51. The zero-order valence-electron chi connectivity index (χ0n) is 14.8. The summed E-state index contributed by atoms with van der Waals surface area (Å²) in [4.78, 5) is 17.0. The molecular weight excluding hydrogens is 342 g/mol. The Bertz CT molecular complexity index is 1040. The molecular formula is C21H19N3O3. The summed E-state index contributed by atoms with van der Waals surface area (Å²) in [5.41, 5.74) is 3.61. The summed E-state index contributed by atoms with van der Waals surface area (Å²) < 4.78 is 0. The molecule has 1 heterocycles. The van der Waals surface area contributed by atoms with Crippen molar-refractivity contribution in [2.45, 2.75) is 13.0 Å². The average Bonchev–Trinajstić information content (AvgIpc) is 2.71. The minimum Gasteiger partial charge on any atom is -0.394 e. The molecule has 0 saturated heterocycles. The van der Waals surface area contributed by atoms with Crippen molar-refractivity contribution in [3.8, 4) is 17.3 Å². The van der Waals surface area contributed by atoms with Gasteiger partial charge in [-0.15, -0.1) is 0 Å². The van der Waals surface area contributed by atoms with Crippen LogP contribution in [-0.4, -0.2) is 40.4 Å². The molecule has 0 spiro atoms. The van der Waals surface area contributed by atoms with Crippen LogP contribution in [0.25, 0.3) is 22.2 Å². The van der Waals surface area contributed by atoms with Gasteiger partial charge in [0.25, 0.3) is 5.91 Å². The fraction of sp³-hybridized carbons (Fsp3) is 0.190. The van der Waals surface area contributed by atoms with Gasteiger partial charge in [-0.1, -0.05) is 30.3 Å². The van der Waals surface area contributed by atoms with E-state index in [1.54, 1.807) is 24.3 Å². The van der Waals surface area contributed by atoms with Crippen LogP contribution in [0.5, 0.6) is 0 Å². The summed E-state index contributed by atoms with van der Waals surface area (Å²) >= 11 is 0. The highest BCUT2D eigenvalue weighted by Gasteiger charge is 2.16. The van der Waals surface area contributed by atoms with Crippen LogP contribution in [0, 0.1) is 18.3 Å². The highest BCUT2D eigenvalue weighted by Crippen LogP contribution is 2.29. The van der Waals surface area contributed by atoms with Gasteiger partial charge in [0.1, 0.15) is 6.07 Å². The summed E-state index contributed by atoms with van der Waals surface area (Å²) in [6, 6.07) is 15.9. The fourth-order valence-corrected chi connectivity index (χ4v) is 2.95. The molecule has 2 aromatic carbocycles. The van der Waals surface area contributed by atoms with E-state index in [2.05, 4.69) is 16.4 Å². The van der Waals surface area contributed by atoms with Crippen LogP contribution in [0.2, 0.25) is 0 Å². The van der Waals surface area contributed by atoms with Crippen LogP contribution in [0.4, 0.5) is 0 Å². The van der Waals surface area contributed by atoms with Crippen LogP contribution in [0.15, 0.2) is 48.5 Å². The Labute approximate surface area is 156 Å². The van der Waals surface area contributed by atoms with E-state index >= 15 is 0 Å². The van der Waals surface area contributed by atoms with E-state index in [4.69, 9.17) is 10.2 Å². The average molecular weight is 361 g/mol. The lowest BCUT2D eigenvalue weighted by Crippen LogP contribution is -2.40. The van der Waals surface area contributed by atoms with Gasteiger partial charge < -0.3 is 15.5 Å². The lowest BCUT2D eigenvalue weighted by molar-refractivity contribution is 0.0879. The number of fused-ring (bicyclic) bond motifs is 1. The summed E-state index contributed by atoms with van der Waals surface area (Å²) in [5.74, 6) is -0.416. The topological polar surface area (TPSA) is 106 Å². The Morgan fingerprint density at radius 3 is 2.63 bits per heavy atom. The minimum absolute atomic E-state index is 0.355. The Morgan fingerprint density at radius 2 is 1.93 bits per heavy atom. The molecule has 0 bridgehead atoms. The molecule has 0 radical (unpaired) electrons. The first-order chi connectivity index (χ1) is 13.1. The third-order valence-corrected chi connectivity index (χ3v) is 4.44. The molecule has 3 rings (SSSR count). The number of benzene rings is 2. The quantitative estimate of drug-likeness (QED) is 0.646. The monoisotopic (exact) mass is 361 g/mol. The number of amides is 1. The van der Waals surface area contributed by atoms with E-state index in [-0.39, 0.29) is 13.2 Å². The first kappa shape index (κ1) is 18.5. The smallest absolute Gasteiger partial charge is 0.251 e. The lowest BCUT2D eigenvalue weighted by Gasteiger charge is -2.14. The molecule has 1 aromatic heterocycles. The zero-order chi connectivity index (χ0) is 19.4. The number of rotatable bonds is 5. The number of nitrogens with one attached hydrogen (secondary N) is 1. The molecule has 0 atom stereocenters. The summed E-state index contributed by atoms with van der Waals surface area (Å²) in [6.45, 7) is 1.17. The van der Waals surface area contributed by atoms with E-state index in [0.29, 0.717) is 22.4 Å². The summed E-state index contributed by atoms with van der Waals surface area (Å²) in [6.07, 6.45) is 0. The number of aliphatic hydroxyl groups excluding tert-OH is 2. The Hall–Kier alpha value is -3.27. The number of hydrogen-bond acceptors (Lipinski definition) is 5. The molecule has 6 nitrogen and oxygen atoms in total. The SMILES string of the molecule is Cc1c(C#N)c(-c2cccc(C(=O)NC(CO)CO)c2)nc2ccccc12. The molecule has 136 valence electrons. The summed E-state index contributed by atoms with van der Waals surface area (Å²) in [5, 5.41) is 31.4. The van der Waals surface area contributed by atoms with Gasteiger partial charge in [-0.05, 0) is 30.7 Å². The van der Waals surface area contributed by atoms with Gasteiger partial charge in [0.15, 0.2) is 0 Å². The highest BCUT2D eigenvalue weighted by atomic mass is 16.3. The number of carbonyl (C=O) groups excluding carboxylic acids is 1. The maximum absolute atomic E-state index is 12.4. The molecule has 0 aliphatic carbocycles. The molecule has 6 heteroatoms. The van der Waals surface area contributed by atoms with Gasteiger partial charge in [-0.25, -0.2) is 4.98 Å². The van der Waals surface area contributed by atoms with Gasteiger partial charge in [0, 0.05) is 16.5 Å². The normalized spacial score (nSPS) is 10.8. The van der Waals surface area contributed by atoms with E-state index in [1.165, 1.54) is 0 Å². The van der Waals surface area contributed by atoms with E-state index < -0.39 is 11.9 Å². The number of nitrogens with zero attached hydrogens (tertiary/aromatic N) is 2. The van der Waals surface area contributed by atoms with Crippen molar-refractivity contribution >= 4 is 16.8 Å². The molecule has 0 fully saturated rings. The standard InChI is InChI=1S/C21H19N3O3/c1-13-17-7-2-3-8-19(17)24-20(18(13)10-22)14-5-4-6-15(9-14)21(27)23-16(11-25)12-26/h2-9,16,25-26H,11-12H2,1H3,(H,23,27). The van der Waals surface area contributed by atoms with Crippen LogP contribution in [-0.2, 0) is 0 Å². The number of pyridine rings is 1. The number of hydrogen-bond donors (Lipinski definition) is 3. The molecule has 0 saturated carbocycles. The predicted molar refractivity (Wildman–Crippen MR) is 102 cm³/mol. The number of aliphatic hydroxyl groups is 2. The summed E-state index contributed by atoms with van der Waals surface area (Å²) in [7, 11) is 0. The van der Waals surface area contributed by atoms with Gasteiger partial charge in [-0.3, -0.25) is 4.79 Å². The van der Waals surface area contributed by atoms with Crippen molar-refractivity contribution in [1.29, 1.82) is 5.26 Å². The predicted octanol–water partition coefficient (Wildman–Crippen LogP) is 2.16. The second-order valence-electron chi connectivity index (χ2n) is 6.21. The van der Waals surface area contributed by atoms with Crippen LogP contribution in [0.1, 0.15) is 21.5 Å². The van der Waals surface area contributed by atoms with E-state index in [1.807, 2.05) is 31.2 Å². The largest absolute Gasteiger partial charge is 0.394 e. The molecule has 27 heavy (non-hydrogen) atoms. The van der Waals surface area contributed by atoms with Gasteiger partial charge in [0.2, 0.25) is 0 Å². The molecule has 1 amide bonds. The Morgan fingerprint density at radius 1 is 1.19 bits per heavy atom. The van der Waals surface area contributed by atoms with Gasteiger partial charge in [-0.2, -0.15) is 5.26 Å². The minimum atomic E-state index is -0.725. The molecule has 0 unspecified atom stereocenters. The van der Waals surface area contributed by atoms with Crippen LogP contribution >= 0.6 is 0 Å². The molecule has 3 aromatic rings. The van der Waals surface area contributed by atoms with Crippen molar-refractivity contribution in [3.63, 3.8) is 0 Å². The third-order valence-electron chi connectivity index (χ3n) is 4.44. The molecule has 0 aliphatic rings. The van der Waals surface area contributed by atoms with Crippen molar-refractivity contribution in [3.05, 3.63) is 65.2 Å². The number of aromatic nitrogens is 1. The number of nitriles is 1. The van der Waals surface area contributed by atoms with Gasteiger partial charge in [0.05, 0.1) is 36.0 Å². The number of aryl methyl sites for hydroxylation is 1. The zero-order valence-corrected chi connectivity index (χ0v) is 14.8. The van der Waals surface area contributed by atoms with E-state index in [0.717, 1.165) is 16.5 Å². The van der Waals surface area contributed by atoms with Gasteiger partial charge >= 0.3 is 0 Å². The molecule has 0 aliphatic heterocycles. The third kappa shape index (κ3) is 3.65. The first-order valence-electron chi connectivity index (χ1n) is 8.51. The maximum atomic E-state index is 12.4. The fourth-order valence-electron chi connectivity index (χ4n) is 2.95. The highest BCUT2D eigenvalue weighted by molar-refractivity contribution is 5.96. The molecule has 3 N–H and O–H groups in total. The number of para-hydroxylation sites is 1. The van der Waals surface area contributed by atoms with Crippen molar-refractivity contribution in [2.75, 3.05) is 13.2 Å². The van der Waals surface area contributed by atoms with Crippen molar-refractivity contribution in [1.82, 2.24) is 10.3 Å². The van der Waals surface area contributed by atoms with Crippen molar-refractivity contribution < 1.29 is 15.0 Å². The second kappa shape index (κ2) is 7.96. The van der Waals surface area contributed by atoms with Crippen molar-refractivity contribution in [2.24, 2.45) is 0 Å². The maximum Gasteiger partial charge on any atom is 0.251 e. The second-order valence-corrected chi connectivity index (χ2v) is 6.21. The van der Waals surface area contributed by atoms with Crippen LogP contribution < -0.4 is 5.32 Å².